The van der Waals surface area contributed by atoms with Crippen LogP contribution in [-0.2, 0) is 6.18 Å². The first-order valence-corrected chi connectivity index (χ1v) is 7.46. The average molecular weight is 423 g/mol. The third-order valence-corrected chi connectivity index (χ3v) is 3.65. The number of benzene rings is 1. The molecule has 0 bridgehead atoms. The van der Waals surface area contributed by atoms with Crippen LogP contribution in [0.3, 0.4) is 0 Å². The lowest BCUT2D eigenvalue weighted by atomic mass is 10.3. The molecule has 118 valence electrons. The highest BCUT2D eigenvalue weighted by atomic mass is 127. The Morgan fingerprint density at radius 2 is 1.86 bits per heavy atom. The summed E-state index contributed by atoms with van der Waals surface area (Å²) in [6.07, 6.45) is -3.81. The summed E-state index contributed by atoms with van der Waals surface area (Å²) < 4.78 is 44.4. The summed E-state index contributed by atoms with van der Waals surface area (Å²) in [6, 6.07) is 7.53. The van der Waals surface area contributed by atoms with Crippen molar-refractivity contribution in [1.82, 2.24) is 9.97 Å². The van der Waals surface area contributed by atoms with Gasteiger partial charge in [0.2, 0.25) is 11.8 Å². The van der Waals surface area contributed by atoms with Gasteiger partial charge in [0.25, 0.3) is 0 Å². The summed E-state index contributed by atoms with van der Waals surface area (Å²) in [6.45, 7) is 2.38. The van der Waals surface area contributed by atoms with E-state index in [1.165, 1.54) is 0 Å². The van der Waals surface area contributed by atoms with E-state index in [1.807, 2.05) is 31.2 Å². The van der Waals surface area contributed by atoms with Crippen LogP contribution in [0.5, 0.6) is 5.88 Å². The van der Waals surface area contributed by atoms with Crippen molar-refractivity contribution in [3.63, 3.8) is 0 Å². The van der Waals surface area contributed by atoms with Crippen molar-refractivity contribution in [2.24, 2.45) is 0 Å². The summed E-state index contributed by atoms with van der Waals surface area (Å²) in [5, 5.41) is 0. The van der Waals surface area contributed by atoms with Crippen molar-refractivity contribution in [3.05, 3.63) is 39.6 Å². The van der Waals surface area contributed by atoms with Crippen LogP contribution < -0.4 is 9.64 Å². The van der Waals surface area contributed by atoms with E-state index in [4.69, 9.17) is 4.74 Å². The fraction of sp³-hybridized carbons (Fsp3) is 0.286. The zero-order valence-corrected chi connectivity index (χ0v) is 14.0. The average Bonchev–Trinajstić information content (AvgIpc) is 2.48. The minimum absolute atomic E-state index is 0.161. The summed E-state index contributed by atoms with van der Waals surface area (Å²) >= 11 is 2.18. The van der Waals surface area contributed by atoms with E-state index in [2.05, 4.69) is 32.6 Å². The molecule has 2 rings (SSSR count). The molecule has 4 nitrogen and oxygen atoms in total. The lowest BCUT2D eigenvalue weighted by Crippen LogP contribution is -2.20. The maximum absolute atomic E-state index is 12.8. The van der Waals surface area contributed by atoms with Crippen LogP contribution in [0.15, 0.2) is 30.5 Å². The molecular formula is C14H13F3IN3O. The maximum Gasteiger partial charge on any atom is 0.423 e. The third-order valence-electron chi connectivity index (χ3n) is 2.94. The van der Waals surface area contributed by atoms with Gasteiger partial charge in [0.15, 0.2) is 0 Å². The molecule has 0 atom stereocenters. The highest BCUT2D eigenvalue weighted by molar-refractivity contribution is 14.1. The second kappa shape index (κ2) is 6.67. The molecule has 0 aliphatic heterocycles. The smallest absolute Gasteiger partial charge is 0.423 e. The predicted molar refractivity (Wildman–Crippen MR) is 85.4 cm³/mol. The molecule has 22 heavy (non-hydrogen) atoms. The Morgan fingerprint density at radius 1 is 1.23 bits per heavy atom. The molecule has 0 N–H and O–H groups in total. The SMILES string of the molecule is CCN(c1ccc(I)cc1)c1ncc(C(F)(F)F)c(OC)n1. The van der Waals surface area contributed by atoms with Crippen LogP contribution in [0.25, 0.3) is 0 Å². The molecule has 0 aliphatic carbocycles. The monoisotopic (exact) mass is 423 g/mol. The maximum atomic E-state index is 12.8. The van der Waals surface area contributed by atoms with E-state index in [0.29, 0.717) is 6.54 Å². The first-order valence-electron chi connectivity index (χ1n) is 6.38. The molecule has 0 unspecified atom stereocenters. The number of ether oxygens (including phenoxy) is 1. The van der Waals surface area contributed by atoms with E-state index in [0.717, 1.165) is 22.6 Å². The molecule has 0 amide bonds. The zero-order valence-electron chi connectivity index (χ0n) is 11.9. The Balaban J connectivity index is 2.44. The van der Waals surface area contributed by atoms with Gasteiger partial charge in [-0.05, 0) is 53.8 Å². The van der Waals surface area contributed by atoms with Crippen molar-refractivity contribution < 1.29 is 17.9 Å². The number of alkyl halides is 3. The summed E-state index contributed by atoms with van der Waals surface area (Å²) in [5.41, 5.74) is -0.192. The fourth-order valence-corrected chi connectivity index (χ4v) is 2.26. The molecule has 0 aliphatic rings. The Kier molecular flexibility index (Phi) is 5.09. The van der Waals surface area contributed by atoms with Gasteiger partial charge in [0, 0.05) is 22.0 Å². The van der Waals surface area contributed by atoms with Gasteiger partial charge in [-0.15, -0.1) is 0 Å². The lowest BCUT2D eigenvalue weighted by molar-refractivity contribution is -0.139. The van der Waals surface area contributed by atoms with Gasteiger partial charge in [-0.25, -0.2) is 4.98 Å². The molecule has 8 heteroatoms. The molecule has 2 aromatic rings. The van der Waals surface area contributed by atoms with Gasteiger partial charge < -0.3 is 9.64 Å². The molecule has 1 aromatic carbocycles. The predicted octanol–water partition coefficient (Wildman–Crippen LogP) is 4.27. The standard InChI is InChI=1S/C14H13F3IN3O/c1-3-21(10-6-4-9(18)5-7-10)13-19-8-11(14(15,16)17)12(20-13)22-2/h4-8H,3H2,1-2H3. The molecule has 1 aromatic heterocycles. The normalized spacial score (nSPS) is 11.4. The first kappa shape index (κ1) is 16.8. The van der Waals surface area contributed by atoms with Crippen molar-refractivity contribution >= 4 is 34.2 Å². The number of hydrogen-bond acceptors (Lipinski definition) is 4. The highest BCUT2D eigenvalue weighted by Crippen LogP contribution is 2.36. The Hall–Kier alpha value is -1.58. The molecule has 0 saturated carbocycles. The molecule has 0 fully saturated rings. The second-order valence-electron chi connectivity index (χ2n) is 4.31. The molecule has 0 spiro atoms. The molecule has 0 saturated heterocycles. The molecule has 1 heterocycles. The van der Waals surface area contributed by atoms with Gasteiger partial charge in [-0.1, -0.05) is 0 Å². The largest absolute Gasteiger partial charge is 0.480 e. The third kappa shape index (κ3) is 3.60. The molecular weight excluding hydrogens is 410 g/mol. The minimum Gasteiger partial charge on any atom is -0.480 e. The van der Waals surface area contributed by atoms with Crippen molar-refractivity contribution in [3.8, 4) is 5.88 Å². The van der Waals surface area contributed by atoms with Crippen molar-refractivity contribution in [2.45, 2.75) is 13.1 Å². The van der Waals surface area contributed by atoms with Crippen molar-refractivity contribution in [1.29, 1.82) is 0 Å². The number of aromatic nitrogens is 2. The Labute approximate surface area is 139 Å². The number of anilines is 2. The van der Waals surface area contributed by atoms with Gasteiger partial charge >= 0.3 is 6.18 Å². The van der Waals surface area contributed by atoms with E-state index in [-0.39, 0.29) is 5.95 Å². The second-order valence-corrected chi connectivity index (χ2v) is 5.56. The number of hydrogen-bond donors (Lipinski definition) is 0. The zero-order chi connectivity index (χ0) is 16.3. The van der Waals surface area contributed by atoms with Crippen LogP contribution in [0.2, 0.25) is 0 Å². The lowest BCUT2D eigenvalue weighted by Gasteiger charge is -2.22. The number of rotatable bonds is 4. The van der Waals surface area contributed by atoms with E-state index in [1.54, 1.807) is 4.90 Å². The quantitative estimate of drug-likeness (QED) is 0.689. The van der Waals surface area contributed by atoms with Crippen LogP contribution in [0.4, 0.5) is 24.8 Å². The number of nitrogens with zero attached hydrogens (tertiary/aromatic N) is 3. The highest BCUT2D eigenvalue weighted by Gasteiger charge is 2.36. The van der Waals surface area contributed by atoms with E-state index < -0.39 is 17.6 Å². The topological polar surface area (TPSA) is 38.2 Å². The van der Waals surface area contributed by atoms with E-state index in [9.17, 15) is 13.2 Å². The Morgan fingerprint density at radius 3 is 2.36 bits per heavy atom. The molecule has 0 radical (unpaired) electrons. The summed E-state index contributed by atoms with van der Waals surface area (Å²) in [5.74, 6) is -0.324. The number of methoxy groups -OCH3 is 1. The van der Waals surface area contributed by atoms with Crippen LogP contribution >= 0.6 is 22.6 Å². The van der Waals surface area contributed by atoms with Crippen LogP contribution in [0, 0.1) is 3.57 Å². The summed E-state index contributed by atoms with van der Waals surface area (Å²) in [4.78, 5) is 9.44. The first-order chi connectivity index (χ1) is 10.4. The van der Waals surface area contributed by atoms with E-state index >= 15 is 0 Å². The fourth-order valence-electron chi connectivity index (χ4n) is 1.90. The van der Waals surface area contributed by atoms with Gasteiger partial charge in [0.1, 0.15) is 5.56 Å². The summed E-state index contributed by atoms with van der Waals surface area (Å²) in [7, 11) is 1.16. The van der Waals surface area contributed by atoms with Gasteiger partial charge in [-0.3, -0.25) is 0 Å². The van der Waals surface area contributed by atoms with Crippen LogP contribution in [-0.4, -0.2) is 23.6 Å². The number of halogens is 4. The van der Waals surface area contributed by atoms with Crippen molar-refractivity contribution in [2.75, 3.05) is 18.6 Å². The van der Waals surface area contributed by atoms with Gasteiger partial charge in [-0.2, -0.15) is 18.2 Å². The van der Waals surface area contributed by atoms with Crippen LogP contribution in [0.1, 0.15) is 12.5 Å². The Bertz CT molecular complexity index is 647. The minimum atomic E-state index is -4.55. The van der Waals surface area contributed by atoms with Gasteiger partial charge in [0.05, 0.1) is 7.11 Å².